The van der Waals surface area contributed by atoms with E-state index in [0.29, 0.717) is 0 Å². The molecule has 218 valence electrons. The number of rotatable bonds is 3. The minimum atomic E-state index is 0.884. The van der Waals surface area contributed by atoms with Crippen LogP contribution in [0, 0.1) is 0 Å². The standard InChI is InChI=1S/C43H25N3O/c1-2-8-26(9-3-1)35-23-20-29-18-19-30-21-24-36(45-42(30)41(29)44-35)27-14-16-28(17-15-27)40-33-12-5-4-11-32(33)39-37(46-40)25-22-34-31-10-6-7-13-38(31)47-43(34)39/h1-25H. The van der Waals surface area contributed by atoms with Crippen LogP contribution in [0.15, 0.2) is 156 Å². The van der Waals surface area contributed by atoms with Crippen molar-refractivity contribution in [1.29, 1.82) is 0 Å². The second-order valence-electron chi connectivity index (χ2n) is 12.0. The number of nitrogens with zero attached hydrogens (tertiary/aromatic N) is 3. The lowest BCUT2D eigenvalue weighted by Gasteiger charge is -2.11. The molecule has 4 heteroatoms. The van der Waals surface area contributed by atoms with Crippen LogP contribution in [0.3, 0.4) is 0 Å². The summed E-state index contributed by atoms with van der Waals surface area (Å²) < 4.78 is 6.42. The van der Waals surface area contributed by atoms with E-state index in [1.54, 1.807) is 0 Å². The van der Waals surface area contributed by atoms with E-state index < -0.39 is 0 Å². The van der Waals surface area contributed by atoms with Crippen molar-refractivity contribution in [3.63, 3.8) is 0 Å². The SMILES string of the molecule is c1ccc(-c2ccc3ccc4ccc(-c5ccc(-c6nc7ccc8c9ccccc9oc8c7c7ccccc67)cc5)nc4c3n2)cc1. The van der Waals surface area contributed by atoms with Gasteiger partial charge in [-0.05, 0) is 35.7 Å². The molecule has 10 rings (SSSR count). The van der Waals surface area contributed by atoms with Crippen molar-refractivity contribution in [2.75, 3.05) is 0 Å². The number of pyridine rings is 3. The van der Waals surface area contributed by atoms with Crippen LogP contribution in [-0.2, 0) is 0 Å². The number of hydrogen-bond donors (Lipinski definition) is 0. The summed E-state index contributed by atoms with van der Waals surface area (Å²) >= 11 is 0. The van der Waals surface area contributed by atoms with Gasteiger partial charge >= 0.3 is 0 Å². The van der Waals surface area contributed by atoms with E-state index in [2.05, 4.69) is 121 Å². The fraction of sp³-hybridized carbons (Fsp3) is 0. The molecule has 0 unspecified atom stereocenters. The van der Waals surface area contributed by atoms with Crippen molar-refractivity contribution in [3.05, 3.63) is 152 Å². The summed E-state index contributed by atoms with van der Waals surface area (Å²) in [5, 5.41) is 7.65. The first-order valence-electron chi connectivity index (χ1n) is 15.8. The number of benzene rings is 6. The van der Waals surface area contributed by atoms with Crippen LogP contribution in [0.1, 0.15) is 0 Å². The maximum Gasteiger partial charge on any atom is 0.145 e. The Morgan fingerprint density at radius 2 is 0.957 bits per heavy atom. The number of fused-ring (bicyclic) bond motifs is 10. The monoisotopic (exact) mass is 599 g/mol. The highest BCUT2D eigenvalue weighted by Gasteiger charge is 2.17. The van der Waals surface area contributed by atoms with Crippen LogP contribution >= 0.6 is 0 Å². The third-order valence-electron chi connectivity index (χ3n) is 9.25. The molecule has 0 saturated carbocycles. The Hall–Kier alpha value is -6.39. The van der Waals surface area contributed by atoms with E-state index >= 15 is 0 Å². The summed E-state index contributed by atoms with van der Waals surface area (Å²) in [7, 11) is 0. The van der Waals surface area contributed by atoms with Crippen LogP contribution in [0.2, 0.25) is 0 Å². The quantitative estimate of drug-likeness (QED) is 0.190. The molecule has 47 heavy (non-hydrogen) atoms. The first-order chi connectivity index (χ1) is 23.3. The topological polar surface area (TPSA) is 51.8 Å². The predicted octanol–water partition coefficient (Wildman–Crippen LogP) is 11.4. The zero-order valence-corrected chi connectivity index (χ0v) is 25.2. The lowest BCUT2D eigenvalue weighted by molar-refractivity contribution is 0.673. The van der Waals surface area contributed by atoms with Gasteiger partial charge in [0.1, 0.15) is 11.2 Å². The van der Waals surface area contributed by atoms with Gasteiger partial charge in [-0.3, -0.25) is 0 Å². The Bertz CT molecular complexity index is 2840. The molecule has 0 aliphatic heterocycles. The molecule has 0 amide bonds. The van der Waals surface area contributed by atoms with Gasteiger partial charge in [0.25, 0.3) is 0 Å². The van der Waals surface area contributed by atoms with Crippen LogP contribution in [0.25, 0.3) is 99.2 Å². The largest absolute Gasteiger partial charge is 0.455 e. The summed E-state index contributed by atoms with van der Waals surface area (Å²) in [5.74, 6) is 0. The van der Waals surface area contributed by atoms with Gasteiger partial charge in [-0.2, -0.15) is 0 Å². The second-order valence-corrected chi connectivity index (χ2v) is 12.0. The molecule has 0 fully saturated rings. The van der Waals surface area contributed by atoms with Gasteiger partial charge in [-0.1, -0.05) is 121 Å². The Morgan fingerprint density at radius 3 is 1.68 bits per heavy atom. The minimum absolute atomic E-state index is 0.884. The summed E-state index contributed by atoms with van der Waals surface area (Å²) in [6, 6.07) is 52.5. The van der Waals surface area contributed by atoms with Crippen LogP contribution < -0.4 is 0 Å². The van der Waals surface area contributed by atoms with Gasteiger partial charge in [0.2, 0.25) is 0 Å². The molecular formula is C43H25N3O. The summed E-state index contributed by atoms with van der Waals surface area (Å²) in [5.41, 5.74) is 10.5. The average Bonchev–Trinajstić information content (AvgIpc) is 3.53. The van der Waals surface area contributed by atoms with Gasteiger partial charge in [-0.15, -0.1) is 0 Å². The molecule has 0 radical (unpaired) electrons. The van der Waals surface area contributed by atoms with Gasteiger partial charge in [0.15, 0.2) is 0 Å². The Labute approximate surface area is 269 Å². The van der Waals surface area contributed by atoms with Gasteiger partial charge in [0, 0.05) is 43.6 Å². The molecule has 0 bridgehead atoms. The molecule has 0 aliphatic carbocycles. The van der Waals surface area contributed by atoms with E-state index in [1.807, 2.05) is 30.3 Å². The second kappa shape index (κ2) is 10.1. The first-order valence-corrected chi connectivity index (χ1v) is 15.8. The molecule has 0 atom stereocenters. The number of hydrogen-bond acceptors (Lipinski definition) is 4. The van der Waals surface area contributed by atoms with Gasteiger partial charge in [-0.25, -0.2) is 15.0 Å². The molecule has 0 aliphatic rings. The highest BCUT2D eigenvalue weighted by molar-refractivity contribution is 6.23. The highest BCUT2D eigenvalue weighted by Crippen LogP contribution is 2.40. The summed E-state index contributed by atoms with van der Waals surface area (Å²) in [4.78, 5) is 15.5. The third-order valence-corrected chi connectivity index (χ3v) is 9.25. The normalized spacial score (nSPS) is 11.8. The van der Waals surface area contributed by atoms with Gasteiger partial charge in [0.05, 0.1) is 39.0 Å². The van der Waals surface area contributed by atoms with Gasteiger partial charge < -0.3 is 4.42 Å². The Kier molecular flexibility index (Phi) is 5.54. The number of para-hydroxylation sites is 1. The molecule has 0 N–H and O–H groups in total. The fourth-order valence-electron chi connectivity index (χ4n) is 6.94. The summed E-state index contributed by atoms with van der Waals surface area (Å²) in [6.07, 6.45) is 0. The molecule has 4 heterocycles. The first kappa shape index (κ1) is 25.9. The van der Waals surface area contributed by atoms with Crippen molar-refractivity contribution in [3.8, 4) is 33.8 Å². The molecule has 6 aromatic carbocycles. The number of furan rings is 1. The maximum atomic E-state index is 6.42. The zero-order chi connectivity index (χ0) is 30.9. The Morgan fingerprint density at radius 1 is 0.383 bits per heavy atom. The van der Waals surface area contributed by atoms with E-state index in [4.69, 9.17) is 19.4 Å². The Balaban J connectivity index is 1.09. The molecule has 4 nitrogen and oxygen atoms in total. The van der Waals surface area contributed by atoms with Crippen LogP contribution in [0.4, 0.5) is 0 Å². The predicted molar refractivity (Wildman–Crippen MR) is 193 cm³/mol. The van der Waals surface area contributed by atoms with E-state index in [0.717, 1.165) is 99.2 Å². The van der Waals surface area contributed by atoms with E-state index in [1.165, 1.54) is 0 Å². The van der Waals surface area contributed by atoms with E-state index in [9.17, 15) is 0 Å². The molecule has 0 spiro atoms. The van der Waals surface area contributed by atoms with Crippen LogP contribution in [-0.4, -0.2) is 15.0 Å². The average molecular weight is 600 g/mol. The number of aromatic nitrogens is 3. The highest BCUT2D eigenvalue weighted by atomic mass is 16.3. The fourth-order valence-corrected chi connectivity index (χ4v) is 6.94. The molecule has 10 aromatic rings. The van der Waals surface area contributed by atoms with Crippen molar-refractivity contribution < 1.29 is 4.42 Å². The van der Waals surface area contributed by atoms with Crippen molar-refractivity contribution in [2.45, 2.75) is 0 Å². The molecule has 0 saturated heterocycles. The molecular weight excluding hydrogens is 574 g/mol. The van der Waals surface area contributed by atoms with Crippen molar-refractivity contribution in [2.24, 2.45) is 0 Å². The zero-order valence-electron chi connectivity index (χ0n) is 25.2. The minimum Gasteiger partial charge on any atom is -0.455 e. The van der Waals surface area contributed by atoms with Crippen LogP contribution in [0.5, 0.6) is 0 Å². The lowest BCUT2D eigenvalue weighted by Crippen LogP contribution is -1.92. The van der Waals surface area contributed by atoms with Crippen molar-refractivity contribution in [1.82, 2.24) is 15.0 Å². The lowest BCUT2D eigenvalue weighted by atomic mass is 9.97. The summed E-state index contributed by atoms with van der Waals surface area (Å²) in [6.45, 7) is 0. The van der Waals surface area contributed by atoms with E-state index in [-0.39, 0.29) is 0 Å². The smallest absolute Gasteiger partial charge is 0.145 e. The van der Waals surface area contributed by atoms with Crippen molar-refractivity contribution >= 4 is 65.4 Å². The third kappa shape index (κ3) is 4.05. The molecule has 4 aromatic heterocycles. The maximum absolute atomic E-state index is 6.42.